The largest absolute Gasteiger partial charge is 0.346 e. The molecule has 26 heavy (non-hydrogen) atoms. The smallest absolute Gasteiger partial charge is 0.185 e. The molecule has 0 spiro atoms. The number of hydrogen-bond acceptors (Lipinski definition) is 6. The molecular formula is C20H19N5S. The second-order valence-corrected chi connectivity index (χ2v) is 7.13. The Hall–Kier alpha value is -2.75. The maximum Gasteiger partial charge on any atom is 0.185 e. The zero-order valence-electron chi connectivity index (χ0n) is 14.3. The third-order valence-corrected chi connectivity index (χ3v) is 5.56. The Morgan fingerprint density at radius 3 is 2.42 bits per heavy atom. The first-order valence-electron chi connectivity index (χ1n) is 8.63. The Kier molecular flexibility index (Phi) is 4.91. The van der Waals surface area contributed by atoms with Crippen LogP contribution in [0.5, 0.6) is 0 Å². The number of anilines is 1. The Morgan fingerprint density at radius 2 is 1.81 bits per heavy atom. The van der Waals surface area contributed by atoms with Crippen LogP contribution in [0.15, 0.2) is 60.4 Å². The normalized spacial score (nSPS) is 16.2. The summed E-state index contributed by atoms with van der Waals surface area (Å²) in [6.07, 6.45) is 5.61. The molecule has 1 unspecified atom stereocenters. The summed E-state index contributed by atoms with van der Waals surface area (Å²) in [5.41, 5.74) is 3.06. The highest BCUT2D eigenvalue weighted by Crippen LogP contribution is 2.30. The first kappa shape index (κ1) is 16.7. The van der Waals surface area contributed by atoms with Gasteiger partial charge in [-0.15, -0.1) is 11.3 Å². The van der Waals surface area contributed by atoms with E-state index in [1.165, 1.54) is 11.1 Å². The second-order valence-electron chi connectivity index (χ2n) is 6.26. The van der Waals surface area contributed by atoms with Crippen molar-refractivity contribution in [3.63, 3.8) is 0 Å². The van der Waals surface area contributed by atoms with Crippen LogP contribution in [-0.2, 0) is 0 Å². The van der Waals surface area contributed by atoms with E-state index >= 15 is 0 Å². The summed E-state index contributed by atoms with van der Waals surface area (Å²) in [5, 5.41) is 12.2. The molecule has 0 bridgehead atoms. The van der Waals surface area contributed by atoms with Crippen LogP contribution in [-0.4, -0.2) is 41.0 Å². The number of rotatable bonds is 4. The maximum absolute atomic E-state index is 9.07. The van der Waals surface area contributed by atoms with Gasteiger partial charge in [0, 0.05) is 50.1 Å². The monoisotopic (exact) mass is 361 g/mol. The Balaban J connectivity index is 1.58. The number of nitrogens with zero attached hydrogens (tertiary/aromatic N) is 5. The van der Waals surface area contributed by atoms with E-state index in [1.54, 1.807) is 17.5 Å². The van der Waals surface area contributed by atoms with Crippen molar-refractivity contribution in [2.45, 2.75) is 6.04 Å². The average Bonchev–Trinajstić information content (AvgIpc) is 3.25. The molecule has 3 aromatic rings. The van der Waals surface area contributed by atoms with E-state index in [2.05, 4.69) is 44.0 Å². The van der Waals surface area contributed by atoms with Crippen LogP contribution >= 0.6 is 11.3 Å². The number of pyridine rings is 1. The van der Waals surface area contributed by atoms with Gasteiger partial charge in [0.1, 0.15) is 0 Å². The van der Waals surface area contributed by atoms with Crippen molar-refractivity contribution in [2.24, 2.45) is 0 Å². The molecule has 2 aromatic heterocycles. The minimum Gasteiger partial charge on any atom is -0.346 e. The van der Waals surface area contributed by atoms with Crippen molar-refractivity contribution in [2.75, 3.05) is 31.1 Å². The first-order chi connectivity index (χ1) is 12.8. The minimum atomic E-state index is 0.148. The van der Waals surface area contributed by atoms with Crippen molar-refractivity contribution >= 4 is 16.5 Å². The predicted molar refractivity (Wildman–Crippen MR) is 103 cm³/mol. The Labute approximate surface area is 157 Å². The lowest BCUT2D eigenvalue weighted by Gasteiger charge is -2.39. The second kappa shape index (κ2) is 7.65. The zero-order chi connectivity index (χ0) is 17.8. The topological polar surface area (TPSA) is 56.1 Å². The third-order valence-electron chi connectivity index (χ3n) is 4.72. The molecule has 1 fully saturated rings. The van der Waals surface area contributed by atoms with E-state index < -0.39 is 0 Å². The lowest BCUT2D eigenvalue weighted by molar-refractivity contribution is 0.212. The van der Waals surface area contributed by atoms with Crippen molar-refractivity contribution in [1.29, 1.82) is 5.26 Å². The lowest BCUT2D eigenvalue weighted by atomic mass is 9.97. The highest BCUT2D eigenvalue weighted by Gasteiger charge is 2.27. The molecule has 0 amide bonds. The molecule has 1 aliphatic heterocycles. The van der Waals surface area contributed by atoms with Gasteiger partial charge >= 0.3 is 0 Å². The van der Waals surface area contributed by atoms with Gasteiger partial charge in [-0.05, 0) is 29.3 Å². The molecule has 6 heteroatoms. The molecule has 1 atom stereocenters. The molecule has 1 saturated heterocycles. The van der Waals surface area contributed by atoms with Gasteiger partial charge in [0.2, 0.25) is 0 Å². The fourth-order valence-electron chi connectivity index (χ4n) is 3.44. The van der Waals surface area contributed by atoms with Crippen molar-refractivity contribution in [1.82, 2.24) is 14.9 Å². The lowest BCUT2D eigenvalue weighted by Crippen LogP contribution is -2.48. The summed E-state index contributed by atoms with van der Waals surface area (Å²) in [7, 11) is 0. The van der Waals surface area contributed by atoms with Gasteiger partial charge in [0.15, 0.2) is 5.13 Å². The van der Waals surface area contributed by atoms with E-state index in [9.17, 15) is 0 Å². The molecule has 5 nitrogen and oxygen atoms in total. The molecule has 1 aliphatic rings. The molecule has 4 rings (SSSR count). The van der Waals surface area contributed by atoms with Gasteiger partial charge in [0.25, 0.3) is 0 Å². The van der Waals surface area contributed by atoms with Gasteiger partial charge < -0.3 is 4.90 Å². The number of piperazine rings is 1. The number of aromatic nitrogens is 2. The first-order valence-corrected chi connectivity index (χ1v) is 9.51. The van der Waals surface area contributed by atoms with Crippen LogP contribution < -0.4 is 4.90 Å². The molecule has 0 N–H and O–H groups in total. The Morgan fingerprint density at radius 1 is 1.00 bits per heavy atom. The van der Waals surface area contributed by atoms with E-state index in [0.717, 1.165) is 31.3 Å². The quantitative estimate of drug-likeness (QED) is 0.713. The van der Waals surface area contributed by atoms with Crippen molar-refractivity contribution < 1.29 is 0 Å². The van der Waals surface area contributed by atoms with Crippen LogP contribution in [0.3, 0.4) is 0 Å². The van der Waals surface area contributed by atoms with Gasteiger partial charge in [-0.3, -0.25) is 9.88 Å². The van der Waals surface area contributed by atoms with Crippen LogP contribution in [0.1, 0.15) is 22.7 Å². The molecule has 0 aliphatic carbocycles. The van der Waals surface area contributed by atoms with Crippen LogP contribution in [0.4, 0.5) is 5.13 Å². The third kappa shape index (κ3) is 3.45. The SMILES string of the molecule is N#Cc1ccc(C(c2cccnc2)N2CCN(c3nccs3)CC2)cc1. The van der Waals surface area contributed by atoms with E-state index in [0.29, 0.717) is 5.56 Å². The fourth-order valence-corrected chi connectivity index (χ4v) is 4.13. The van der Waals surface area contributed by atoms with Gasteiger partial charge in [-0.25, -0.2) is 4.98 Å². The van der Waals surface area contributed by atoms with E-state index in [-0.39, 0.29) is 6.04 Å². The van der Waals surface area contributed by atoms with Crippen LogP contribution in [0, 0.1) is 11.3 Å². The highest BCUT2D eigenvalue weighted by atomic mass is 32.1. The van der Waals surface area contributed by atoms with Crippen LogP contribution in [0.25, 0.3) is 0 Å². The summed E-state index contributed by atoms with van der Waals surface area (Å²) < 4.78 is 0. The fraction of sp³-hybridized carbons (Fsp3) is 0.250. The Bertz CT molecular complexity index is 863. The summed E-state index contributed by atoms with van der Waals surface area (Å²) in [5.74, 6) is 0. The van der Waals surface area contributed by atoms with Crippen molar-refractivity contribution in [3.05, 3.63) is 77.1 Å². The summed E-state index contributed by atoms with van der Waals surface area (Å²) in [4.78, 5) is 13.6. The van der Waals surface area contributed by atoms with Gasteiger partial charge in [-0.2, -0.15) is 5.26 Å². The predicted octanol–water partition coefficient (Wildman–Crippen LogP) is 3.32. The summed E-state index contributed by atoms with van der Waals surface area (Å²) in [6, 6.07) is 14.4. The van der Waals surface area contributed by atoms with Gasteiger partial charge in [-0.1, -0.05) is 18.2 Å². The van der Waals surface area contributed by atoms with E-state index in [4.69, 9.17) is 5.26 Å². The molecule has 130 valence electrons. The summed E-state index contributed by atoms with van der Waals surface area (Å²) in [6.45, 7) is 3.83. The standard InChI is InChI=1S/C20H19N5S/c21-14-16-3-5-17(6-4-16)19(18-2-1-7-22-15-18)24-9-11-25(12-10-24)20-23-8-13-26-20/h1-8,13,15,19H,9-12H2. The number of nitriles is 1. The molecule has 0 saturated carbocycles. The van der Waals surface area contributed by atoms with Crippen molar-refractivity contribution in [3.8, 4) is 6.07 Å². The van der Waals surface area contributed by atoms with Crippen LogP contribution in [0.2, 0.25) is 0 Å². The number of hydrogen-bond donors (Lipinski definition) is 0. The average molecular weight is 361 g/mol. The zero-order valence-corrected chi connectivity index (χ0v) is 15.1. The molecular weight excluding hydrogens is 342 g/mol. The maximum atomic E-state index is 9.07. The van der Waals surface area contributed by atoms with Gasteiger partial charge in [0.05, 0.1) is 17.7 Å². The molecule has 3 heterocycles. The minimum absolute atomic E-state index is 0.148. The van der Waals surface area contributed by atoms with E-state index in [1.807, 2.05) is 36.0 Å². The summed E-state index contributed by atoms with van der Waals surface area (Å²) >= 11 is 1.69. The molecule has 1 aromatic carbocycles. The highest BCUT2D eigenvalue weighted by molar-refractivity contribution is 7.13. The number of benzene rings is 1. The molecule has 0 radical (unpaired) electrons. The number of thiazole rings is 1.